The summed E-state index contributed by atoms with van der Waals surface area (Å²) in [7, 11) is -1.77. The highest BCUT2D eigenvalue weighted by atomic mass is 32.2. The summed E-state index contributed by atoms with van der Waals surface area (Å²) in [6, 6.07) is 0. The lowest BCUT2D eigenvalue weighted by Gasteiger charge is -2.30. The maximum Gasteiger partial charge on any atom is 0.301 e. The van der Waals surface area contributed by atoms with Gasteiger partial charge in [-0.05, 0) is 25.2 Å². The Morgan fingerprint density at radius 2 is 2.10 bits per heavy atom. The molecule has 2 rings (SSSR count). The van der Waals surface area contributed by atoms with Gasteiger partial charge in [-0.2, -0.15) is 17.8 Å². The molecule has 0 radical (unpaired) electrons. The van der Waals surface area contributed by atoms with Crippen molar-refractivity contribution in [3.8, 4) is 0 Å². The van der Waals surface area contributed by atoms with E-state index in [9.17, 15) is 8.42 Å². The summed E-state index contributed by atoms with van der Waals surface area (Å²) in [5, 5.41) is 13.3. The average molecular weight is 302 g/mol. The van der Waals surface area contributed by atoms with Gasteiger partial charge in [-0.1, -0.05) is 6.92 Å². The number of rotatable bonds is 5. The molecule has 0 spiro atoms. The lowest BCUT2D eigenvalue weighted by Crippen LogP contribution is -2.42. The number of hydrogen-bond acceptors (Lipinski definition) is 4. The Morgan fingerprint density at radius 3 is 2.65 bits per heavy atom. The third-order valence-electron chi connectivity index (χ3n) is 3.65. The summed E-state index contributed by atoms with van der Waals surface area (Å²) in [6.07, 6.45) is 3.75. The van der Waals surface area contributed by atoms with Gasteiger partial charge in [0, 0.05) is 32.9 Å². The Bertz CT molecular complexity index is 547. The second-order valence-corrected chi connectivity index (χ2v) is 6.82. The zero-order valence-electron chi connectivity index (χ0n) is 11.9. The molecule has 0 bridgehead atoms. The van der Waals surface area contributed by atoms with Gasteiger partial charge >= 0.3 is 10.2 Å². The first-order chi connectivity index (χ1) is 9.46. The minimum Gasteiger partial charge on any atom is -0.396 e. The van der Waals surface area contributed by atoms with E-state index in [1.54, 1.807) is 17.9 Å². The number of aryl methyl sites for hydroxylation is 2. The molecule has 20 heavy (non-hydrogen) atoms. The van der Waals surface area contributed by atoms with E-state index in [1.165, 1.54) is 4.31 Å². The third-order valence-corrected chi connectivity index (χ3v) is 5.17. The number of anilines is 1. The number of hydrogen-bond donors (Lipinski definition) is 2. The van der Waals surface area contributed by atoms with Crippen molar-refractivity contribution in [3.05, 3.63) is 11.9 Å². The minimum atomic E-state index is -3.54. The van der Waals surface area contributed by atoms with Crippen LogP contribution in [0, 0.1) is 5.92 Å². The number of aliphatic hydroxyl groups is 1. The van der Waals surface area contributed by atoms with Crippen LogP contribution in [0.25, 0.3) is 0 Å². The summed E-state index contributed by atoms with van der Waals surface area (Å²) in [6.45, 7) is 2.96. The fourth-order valence-corrected chi connectivity index (χ4v) is 3.69. The molecule has 0 aromatic carbocycles. The number of nitrogens with zero attached hydrogens (tertiary/aromatic N) is 3. The fourth-order valence-electron chi connectivity index (χ4n) is 2.42. The molecule has 0 saturated carbocycles. The lowest BCUT2D eigenvalue weighted by atomic mass is 10.00. The second kappa shape index (κ2) is 6.11. The number of aliphatic hydroxyl groups excluding tert-OH is 1. The highest BCUT2D eigenvalue weighted by Crippen LogP contribution is 2.22. The Balaban J connectivity index is 2.07. The molecule has 114 valence electrons. The van der Waals surface area contributed by atoms with Crippen LogP contribution in [0.15, 0.2) is 6.20 Å². The largest absolute Gasteiger partial charge is 0.396 e. The summed E-state index contributed by atoms with van der Waals surface area (Å²) in [4.78, 5) is 0. The van der Waals surface area contributed by atoms with Crippen LogP contribution in [0.3, 0.4) is 0 Å². The van der Waals surface area contributed by atoms with Crippen LogP contribution in [-0.4, -0.2) is 47.3 Å². The maximum atomic E-state index is 12.3. The molecule has 2 N–H and O–H groups in total. The minimum absolute atomic E-state index is 0.129. The number of piperidine rings is 1. The highest BCUT2D eigenvalue weighted by Gasteiger charge is 2.28. The Hall–Kier alpha value is -1.12. The number of nitrogens with one attached hydrogen (secondary N) is 1. The van der Waals surface area contributed by atoms with Crippen molar-refractivity contribution in [2.24, 2.45) is 13.0 Å². The van der Waals surface area contributed by atoms with Crippen molar-refractivity contribution in [1.82, 2.24) is 14.1 Å². The van der Waals surface area contributed by atoms with E-state index in [1.807, 2.05) is 6.92 Å². The molecule has 1 aliphatic rings. The lowest BCUT2D eigenvalue weighted by molar-refractivity contribution is 0.170. The Morgan fingerprint density at radius 1 is 1.45 bits per heavy atom. The van der Waals surface area contributed by atoms with Crippen LogP contribution < -0.4 is 4.72 Å². The van der Waals surface area contributed by atoms with Gasteiger partial charge in [-0.25, -0.2) is 0 Å². The summed E-state index contributed by atoms with van der Waals surface area (Å²) >= 11 is 0. The van der Waals surface area contributed by atoms with Crippen molar-refractivity contribution in [1.29, 1.82) is 0 Å². The zero-order chi connectivity index (χ0) is 14.8. The monoisotopic (exact) mass is 302 g/mol. The zero-order valence-corrected chi connectivity index (χ0v) is 12.7. The first-order valence-electron chi connectivity index (χ1n) is 6.87. The smallest absolute Gasteiger partial charge is 0.301 e. The normalized spacial score (nSPS) is 18.4. The highest BCUT2D eigenvalue weighted by molar-refractivity contribution is 7.90. The van der Waals surface area contributed by atoms with Gasteiger partial charge in [0.05, 0.1) is 11.4 Å². The molecule has 0 atom stereocenters. The maximum absolute atomic E-state index is 12.3. The molecule has 1 aromatic rings. The summed E-state index contributed by atoms with van der Waals surface area (Å²) in [5.74, 6) is 0.214. The van der Waals surface area contributed by atoms with Crippen molar-refractivity contribution >= 4 is 15.9 Å². The van der Waals surface area contributed by atoms with Crippen molar-refractivity contribution in [2.75, 3.05) is 24.4 Å². The van der Waals surface area contributed by atoms with E-state index in [2.05, 4.69) is 9.82 Å². The molecule has 0 amide bonds. The number of aromatic nitrogens is 2. The summed E-state index contributed by atoms with van der Waals surface area (Å²) < 4.78 is 30.3. The van der Waals surface area contributed by atoms with Gasteiger partial charge in [-0.3, -0.25) is 9.40 Å². The van der Waals surface area contributed by atoms with Crippen molar-refractivity contribution in [2.45, 2.75) is 26.2 Å². The Labute approximate surface area is 119 Å². The molecule has 2 heterocycles. The van der Waals surface area contributed by atoms with E-state index in [0.29, 0.717) is 38.0 Å². The molecule has 1 saturated heterocycles. The topological polar surface area (TPSA) is 87.5 Å². The quantitative estimate of drug-likeness (QED) is 0.821. The van der Waals surface area contributed by atoms with Gasteiger partial charge in [0.1, 0.15) is 0 Å². The molecule has 7 nitrogen and oxygen atoms in total. The second-order valence-electron chi connectivity index (χ2n) is 5.15. The molecule has 8 heteroatoms. The molecular weight excluding hydrogens is 280 g/mol. The molecule has 0 unspecified atom stereocenters. The molecule has 1 aliphatic heterocycles. The molecular formula is C12H22N4O3S. The van der Waals surface area contributed by atoms with Crippen LogP contribution in [0.2, 0.25) is 0 Å². The van der Waals surface area contributed by atoms with Gasteiger partial charge in [0.15, 0.2) is 0 Å². The predicted octanol–water partition coefficient (Wildman–Crippen LogP) is 0.344. The SMILES string of the molecule is CCc1nn(C)cc1NS(=O)(=O)N1CCC(CO)CC1. The van der Waals surface area contributed by atoms with Crippen LogP contribution in [-0.2, 0) is 23.7 Å². The molecule has 1 aromatic heterocycles. The van der Waals surface area contributed by atoms with Crippen LogP contribution in [0.5, 0.6) is 0 Å². The third kappa shape index (κ3) is 3.31. The van der Waals surface area contributed by atoms with Crippen molar-refractivity contribution in [3.63, 3.8) is 0 Å². The van der Waals surface area contributed by atoms with Crippen molar-refractivity contribution < 1.29 is 13.5 Å². The van der Waals surface area contributed by atoms with Gasteiger partial charge in [0.25, 0.3) is 0 Å². The van der Waals surface area contributed by atoms with Gasteiger partial charge in [-0.15, -0.1) is 0 Å². The summed E-state index contributed by atoms with van der Waals surface area (Å²) in [5.41, 5.74) is 1.28. The van der Waals surface area contributed by atoms with Crippen LogP contribution >= 0.6 is 0 Å². The first kappa shape index (κ1) is 15.3. The van der Waals surface area contributed by atoms with Gasteiger partial charge in [0.2, 0.25) is 0 Å². The Kier molecular flexibility index (Phi) is 4.66. The van der Waals surface area contributed by atoms with E-state index >= 15 is 0 Å². The molecule has 1 fully saturated rings. The van der Waals surface area contributed by atoms with E-state index in [-0.39, 0.29) is 12.5 Å². The fraction of sp³-hybridized carbons (Fsp3) is 0.750. The predicted molar refractivity (Wildman–Crippen MR) is 76.5 cm³/mol. The van der Waals surface area contributed by atoms with E-state index < -0.39 is 10.2 Å². The molecule has 0 aliphatic carbocycles. The van der Waals surface area contributed by atoms with Crippen LogP contribution in [0.4, 0.5) is 5.69 Å². The first-order valence-corrected chi connectivity index (χ1v) is 8.31. The average Bonchev–Trinajstić information content (AvgIpc) is 2.78. The van der Waals surface area contributed by atoms with Crippen LogP contribution in [0.1, 0.15) is 25.5 Å². The van der Waals surface area contributed by atoms with E-state index in [0.717, 1.165) is 5.69 Å². The van der Waals surface area contributed by atoms with Gasteiger partial charge < -0.3 is 5.11 Å². The standard InChI is InChI=1S/C12H22N4O3S/c1-3-11-12(8-15(2)13-11)14-20(18,19)16-6-4-10(9-17)5-7-16/h8,10,14,17H,3-7,9H2,1-2H3. The van der Waals surface area contributed by atoms with E-state index in [4.69, 9.17) is 5.11 Å².